The number of carbonyl (C=O) groups is 2. The molecular weight excluding hydrogens is 272 g/mol. The van der Waals surface area contributed by atoms with Crippen molar-refractivity contribution in [1.82, 2.24) is 10.3 Å². The number of hydrogen-bond acceptors (Lipinski definition) is 6. The predicted molar refractivity (Wildman–Crippen MR) is 79.0 cm³/mol. The molecule has 1 saturated carbocycles. The molecule has 0 bridgehead atoms. The first-order chi connectivity index (χ1) is 10.0. The van der Waals surface area contributed by atoms with Crippen LogP contribution in [0.5, 0.6) is 0 Å². The Labute approximate surface area is 123 Å². The van der Waals surface area contributed by atoms with E-state index in [1.807, 2.05) is 0 Å². The minimum atomic E-state index is -0.498. The number of anilines is 2. The maximum absolute atomic E-state index is 12.0. The van der Waals surface area contributed by atoms with Crippen molar-refractivity contribution >= 4 is 23.4 Å². The van der Waals surface area contributed by atoms with E-state index >= 15 is 0 Å². The summed E-state index contributed by atoms with van der Waals surface area (Å²) in [5.74, 6) is -0.205. The van der Waals surface area contributed by atoms with Gasteiger partial charge in [0.05, 0.1) is 25.0 Å². The first-order valence-electron chi connectivity index (χ1n) is 6.94. The summed E-state index contributed by atoms with van der Waals surface area (Å²) in [5, 5.41) is 2.89. The summed E-state index contributed by atoms with van der Waals surface area (Å²) in [6.45, 7) is 2.11. The number of nitrogens with one attached hydrogen (secondary N) is 1. The first-order valence-corrected chi connectivity index (χ1v) is 6.94. The molecule has 0 unspecified atom stereocenters. The van der Waals surface area contributed by atoms with Crippen LogP contribution in [0.25, 0.3) is 0 Å². The number of rotatable bonds is 6. The summed E-state index contributed by atoms with van der Waals surface area (Å²) in [6.07, 6.45) is 3.51. The second-order valence-corrected chi connectivity index (χ2v) is 5.06. The molecule has 0 aromatic carbocycles. The smallest absolute Gasteiger partial charge is 0.341 e. The largest absolute Gasteiger partial charge is 0.462 e. The van der Waals surface area contributed by atoms with Crippen LogP contribution in [0.3, 0.4) is 0 Å². The quantitative estimate of drug-likeness (QED) is 0.743. The van der Waals surface area contributed by atoms with Crippen molar-refractivity contribution in [2.45, 2.75) is 25.8 Å². The zero-order valence-electron chi connectivity index (χ0n) is 12.3. The highest BCUT2D eigenvalue weighted by molar-refractivity contribution is 5.96. The average Bonchev–Trinajstić information content (AvgIpc) is 3.22. The highest BCUT2D eigenvalue weighted by atomic mass is 16.5. The number of ether oxygens (including phenoxy) is 1. The van der Waals surface area contributed by atoms with Crippen molar-refractivity contribution in [3.8, 4) is 0 Å². The standard InChI is InChI=1S/C14H20N4O3/c1-3-21-14(20)11-6-9(15)7-16-13(11)18(2)8-12(19)17-10-4-5-10/h6-7,10H,3-5,8,15H2,1-2H3,(H,17,19). The van der Waals surface area contributed by atoms with Gasteiger partial charge in [0.15, 0.2) is 0 Å². The minimum Gasteiger partial charge on any atom is -0.462 e. The second-order valence-electron chi connectivity index (χ2n) is 5.06. The molecular formula is C14H20N4O3. The number of hydrogen-bond donors (Lipinski definition) is 2. The van der Waals surface area contributed by atoms with E-state index in [1.165, 1.54) is 12.3 Å². The molecule has 1 heterocycles. The van der Waals surface area contributed by atoms with Gasteiger partial charge >= 0.3 is 5.97 Å². The molecule has 3 N–H and O–H groups in total. The van der Waals surface area contributed by atoms with E-state index < -0.39 is 5.97 Å². The zero-order valence-corrected chi connectivity index (χ0v) is 12.3. The van der Waals surface area contributed by atoms with Crippen LogP contribution in [0.1, 0.15) is 30.1 Å². The van der Waals surface area contributed by atoms with E-state index in [1.54, 1.807) is 18.9 Å². The Morgan fingerprint density at radius 1 is 1.52 bits per heavy atom. The van der Waals surface area contributed by atoms with Crippen LogP contribution in [-0.4, -0.2) is 43.1 Å². The Balaban J connectivity index is 2.12. The third kappa shape index (κ3) is 4.08. The Bertz CT molecular complexity index is 543. The number of nitrogens with zero attached hydrogens (tertiary/aromatic N) is 2. The van der Waals surface area contributed by atoms with Gasteiger partial charge in [0.25, 0.3) is 0 Å². The van der Waals surface area contributed by atoms with Crippen LogP contribution in [0.15, 0.2) is 12.3 Å². The molecule has 7 heteroatoms. The summed E-state index contributed by atoms with van der Waals surface area (Å²) in [6, 6.07) is 1.81. The van der Waals surface area contributed by atoms with Crippen molar-refractivity contribution in [2.75, 3.05) is 30.8 Å². The summed E-state index contributed by atoms with van der Waals surface area (Å²) < 4.78 is 4.99. The summed E-state index contributed by atoms with van der Waals surface area (Å²) in [4.78, 5) is 29.5. The van der Waals surface area contributed by atoms with E-state index in [4.69, 9.17) is 10.5 Å². The highest BCUT2D eigenvalue weighted by Crippen LogP contribution is 2.21. The van der Waals surface area contributed by atoms with Crippen molar-refractivity contribution in [3.63, 3.8) is 0 Å². The van der Waals surface area contributed by atoms with Gasteiger partial charge in [0, 0.05) is 13.1 Å². The third-order valence-corrected chi connectivity index (χ3v) is 3.07. The van der Waals surface area contributed by atoms with Crippen LogP contribution < -0.4 is 16.0 Å². The van der Waals surface area contributed by atoms with E-state index in [-0.39, 0.29) is 24.6 Å². The Kier molecular flexibility index (Phi) is 4.62. The number of nitrogens with two attached hydrogens (primary N) is 1. The van der Waals surface area contributed by atoms with Gasteiger partial charge in [0.2, 0.25) is 5.91 Å². The fourth-order valence-electron chi connectivity index (χ4n) is 1.93. The van der Waals surface area contributed by atoms with Gasteiger partial charge in [-0.05, 0) is 25.8 Å². The molecule has 0 radical (unpaired) electrons. The van der Waals surface area contributed by atoms with Gasteiger partial charge in [-0.1, -0.05) is 0 Å². The van der Waals surface area contributed by atoms with E-state index in [9.17, 15) is 9.59 Å². The molecule has 21 heavy (non-hydrogen) atoms. The van der Waals surface area contributed by atoms with Gasteiger partial charge in [-0.2, -0.15) is 0 Å². The van der Waals surface area contributed by atoms with Crippen molar-refractivity contribution < 1.29 is 14.3 Å². The fourth-order valence-corrected chi connectivity index (χ4v) is 1.93. The summed E-state index contributed by atoms with van der Waals surface area (Å²) in [7, 11) is 1.70. The van der Waals surface area contributed by atoms with Crippen molar-refractivity contribution in [2.24, 2.45) is 0 Å². The maximum Gasteiger partial charge on any atom is 0.341 e. The maximum atomic E-state index is 12.0. The first kappa shape index (κ1) is 15.1. The molecule has 114 valence electrons. The van der Waals surface area contributed by atoms with Crippen LogP contribution in [0.2, 0.25) is 0 Å². The predicted octanol–water partition coefficient (Wildman–Crippen LogP) is 0.555. The molecule has 2 rings (SSSR count). The van der Waals surface area contributed by atoms with E-state index in [0.717, 1.165) is 12.8 Å². The minimum absolute atomic E-state index is 0.0894. The Hall–Kier alpha value is -2.31. The monoisotopic (exact) mass is 292 g/mol. The lowest BCUT2D eigenvalue weighted by molar-refractivity contribution is -0.119. The number of aromatic nitrogens is 1. The van der Waals surface area contributed by atoms with Crippen LogP contribution >= 0.6 is 0 Å². The number of carbonyl (C=O) groups excluding carboxylic acids is 2. The Morgan fingerprint density at radius 3 is 2.86 bits per heavy atom. The van der Waals surface area contributed by atoms with Crippen molar-refractivity contribution in [1.29, 1.82) is 0 Å². The van der Waals surface area contributed by atoms with Crippen molar-refractivity contribution in [3.05, 3.63) is 17.8 Å². The lowest BCUT2D eigenvalue weighted by Gasteiger charge is -2.20. The van der Waals surface area contributed by atoms with E-state index in [0.29, 0.717) is 17.5 Å². The Morgan fingerprint density at radius 2 is 2.24 bits per heavy atom. The van der Waals surface area contributed by atoms with Crippen LogP contribution in [0, 0.1) is 0 Å². The lowest BCUT2D eigenvalue weighted by Crippen LogP contribution is -2.37. The molecule has 1 aromatic rings. The molecule has 1 aliphatic carbocycles. The van der Waals surface area contributed by atoms with Gasteiger partial charge in [-0.15, -0.1) is 0 Å². The molecule has 1 aromatic heterocycles. The molecule has 0 saturated heterocycles. The SMILES string of the molecule is CCOC(=O)c1cc(N)cnc1N(C)CC(=O)NC1CC1. The van der Waals surface area contributed by atoms with Gasteiger partial charge in [-0.25, -0.2) is 9.78 Å². The zero-order chi connectivity index (χ0) is 15.4. The molecule has 1 amide bonds. The van der Waals surface area contributed by atoms with Gasteiger partial charge < -0.3 is 20.7 Å². The average molecular weight is 292 g/mol. The number of esters is 1. The van der Waals surface area contributed by atoms with Gasteiger partial charge in [-0.3, -0.25) is 4.79 Å². The lowest BCUT2D eigenvalue weighted by atomic mass is 10.2. The number of nitrogen functional groups attached to an aromatic ring is 1. The second kappa shape index (κ2) is 6.43. The number of pyridine rings is 1. The highest BCUT2D eigenvalue weighted by Gasteiger charge is 2.25. The normalized spacial score (nSPS) is 13.6. The van der Waals surface area contributed by atoms with E-state index in [2.05, 4.69) is 10.3 Å². The number of likely N-dealkylation sites (N-methyl/N-ethyl adjacent to an activating group) is 1. The number of amides is 1. The summed E-state index contributed by atoms with van der Waals surface area (Å²) >= 11 is 0. The topological polar surface area (TPSA) is 97.6 Å². The fraction of sp³-hybridized carbons (Fsp3) is 0.500. The molecule has 0 aliphatic heterocycles. The third-order valence-electron chi connectivity index (χ3n) is 3.07. The molecule has 0 spiro atoms. The van der Waals surface area contributed by atoms with Crippen LogP contribution in [0.4, 0.5) is 11.5 Å². The molecule has 1 aliphatic rings. The van der Waals surface area contributed by atoms with Gasteiger partial charge in [0.1, 0.15) is 11.4 Å². The molecule has 0 atom stereocenters. The summed E-state index contributed by atoms with van der Waals surface area (Å²) in [5.41, 5.74) is 6.30. The van der Waals surface area contributed by atoms with Crippen LogP contribution in [-0.2, 0) is 9.53 Å². The molecule has 7 nitrogen and oxygen atoms in total. The molecule has 1 fully saturated rings.